The zero-order valence-electron chi connectivity index (χ0n) is 14.5. The zero-order chi connectivity index (χ0) is 18.9. The van der Waals surface area contributed by atoms with Crippen molar-refractivity contribution in [2.45, 2.75) is 25.3 Å². The number of nitrogens with zero attached hydrogens (tertiary/aromatic N) is 1. The molecule has 8 heteroatoms. The Hall–Kier alpha value is -1.86. The van der Waals surface area contributed by atoms with Gasteiger partial charge in [-0.15, -0.1) is 0 Å². The summed E-state index contributed by atoms with van der Waals surface area (Å²) in [5, 5.41) is 0.235. The van der Waals surface area contributed by atoms with Crippen LogP contribution in [0, 0.1) is 17.7 Å². The summed E-state index contributed by atoms with van der Waals surface area (Å²) in [5.41, 5.74) is 5.51. The molecule has 0 spiro atoms. The van der Waals surface area contributed by atoms with Crippen LogP contribution in [-0.4, -0.2) is 48.6 Å². The number of amides is 1. The largest absolute Gasteiger partial charge is 0.492 e. The second-order valence-corrected chi connectivity index (χ2v) is 7.65. The normalized spacial score (nSPS) is 25.2. The highest BCUT2D eigenvalue weighted by Gasteiger charge is 2.48. The summed E-state index contributed by atoms with van der Waals surface area (Å²) in [5.74, 6) is -0.127. The van der Waals surface area contributed by atoms with Crippen molar-refractivity contribution in [3.63, 3.8) is 0 Å². The van der Waals surface area contributed by atoms with Gasteiger partial charge < -0.3 is 20.1 Å². The quantitative estimate of drug-likeness (QED) is 0.758. The van der Waals surface area contributed by atoms with Gasteiger partial charge in [-0.1, -0.05) is 11.6 Å². The van der Waals surface area contributed by atoms with E-state index in [1.807, 2.05) is 0 Å². The highest BCUT2D eigenvalue weighted by molar-refractivity contribution is 6.32. The van der Waals surface area contributed by atoms with E-state index < -0.39 is 11.4 Å². The number of benzene rings is 1. The molecule has 26 heavy (non-hydrogen) atoms. The third-order valence-corrected chi connectivity index (χ3v) is 5.15. The first kappa shape index (κ1) is 18.9. The summed E-state index contributed by atoms with van der Waals surface area (Å²) >= 11 is 5.92. The van der Waals surface area contributed by atoms with Crippen molar-refractivity contribution >= 4 is 23.5 Å². The molecule has 1 aromatic rings. The van der Waals surface area contributed by atoms with E-state index in [-0.39, 0.29) is 35.3 Å². The van der Waals surface area contributed by atoms with Crippen LogP contribution in [0.1, 0.15) is 19.8 Å². The second-order valence-electron chi connectivity index (χ2n) is 7.24. The van der Waals surface area contributed by atoms with Crippen molar-refractivity contribution in [3.8, 4) is 5.75 Å². The van der Waals surface area contributed by atoms with Crippen molar-refractivity contribution in [1.82, 2.24) is 4.90 Å². The van der Waals surface area contributed by atoms with Crippen LogP contribution in [0.3, 0.4) is 0 Å². The second kappa shape index (κ2) is 7.40. The van der Waals surface area contributed by atoms with Gasteiger partial charge >= 0.3 is 5.97 Å². The Morgan fingerprint density at radius 1 is 1.38 bits per heavy atom. The highest BCUT2D eigenvalue weighted by Crippen LogP contribution is 2.38. The minimum Gasteiger partial charge on any atom is -0.492 e. The number of halogens is 2. The van der Waals surface area contributed by atoms with E-state index in [1.54, 1.807) is 4.90 Å². The molecular weight excluding hydrogens is 363 g/mol. The van der Waals surface area contributed by atoms with Gasteiger partial charge in [0.1, 0.15) is 18.2 Å². The number of carbonyl (C=O) groups is 2. The molecule has 1 aliphatic carbocycles. The lowest BCUT2D eigenvalue weighted by atomic mass is 9.68. The van der Waals surface area contributed by atoms with Crippen molar-refractivity contribution in [3.05, 3.63) is 29.0 Å². The van der Waals surface area contributed by atoms with Gasteiger partial charge in [-0.3, -0.25) is 9.59 Å². The van der Waals surface area contributed by atoms with Crippen molar-refractivity contribution in [2.75, 3.05) is 26.3 Å². The molecule has 0 aromatic heterocycles. The van der Waals surface area contributed by atoms with E-state index in [4.69, 9.17) is 26.8 Å². The van der Waals surface area contributed by atoms with E-state index in [2.05, 4.69) is 0 Å². The predicted molar refractivity (Wildman–Crippen MR) is 93.3 cm³/mol. The van der Waals surface area contributed by atoms with Crippen molar-refractivity contribution in [2.24, 2.45) is 17.6 Å². The summed E-state index contributed by atoms with van der Waals surface area (Å²) in [6.07, 6.45) is 1.06. The van der Waals surface area contributed by atoms with Gasteiger partial charge in [0.2, 0.25) is 5.91 Å². The van der Waals surface area contributed by atoms with E-state index in [0.29, 0.717) is 38.3 Å². The topological polar surface area (TPSA) is 81.9 Å². The lowest BCUT2D eigenvalue weighted by molar-refractivity contribution is -0.152. The zero-order valence-corrected chi connectivity index (χ0v) is 15.3. The number of esters is 1. The minimum absolute atomic E-state index is 0.0879. The summed E-state index contributed by atoms with van der Waals surface area (Å²) in [7, 11) is 0. The molecule has 1 heterocycles. The molecule has 2 aliphatic rings. The number of hydrogen-bond donors (Lipinski definition) is 1. The molecular formula is C18H22ClFN2O4. The average molecular weight is 385 g/mol. The molecule has 0 unspecified atom stereocenters. The van der Waals surface area contributed by atoms with Crippen LogP contribution in [0.5, 0.6) is 5.75 Å². The molecule has 1 saturated heterocycles. The van der Waals surface area contributed by atoms with Gasteiger partial charge in [-0.25, -0.2) is 4.39 Å². The fourth-order valence-electron chi connectivity index (χ4n) is 3.37. The van der Waals surface area contributed by atoms with Gasteiger partial charge in [0.05, 0.1) is 17.2 Å². The maximum Gasteiger partial charge on any atom is 0.302 e. The fourth-order valence-corrected chi connectivity index (χ4v) is 3.59. The van der Waals surface area contributed by atoms with E-state index in [0.717, 1.165) is 0 Å². The number of ether oxygens (including phenoxy) is 2. The van der Waals surface area contributed by atoms with Gasteiger partial charge in [-0.2, -0.15) is 0 Å². The number of rotatable bonds is 6. The molecule has 1 aliphatic heterocycles. The Morgan fingerprint density at radius 2 is 2.08 bits per heavy atom. The Bertz CT molecular complexity index is 702. The molecule has 2 fully saturated rings. The smallest absolute Gasteiger partial charge is 0.302 e. The van der Waals surface area contributed by atoms with Crippen molar-refractivity contribution < 1.29 is 23.5 Å². The molecule has 1 saturated carbocycles. The highest BCUT2D eigenvalue weighted by atomic mass is 35.5. The van der Waals surface area contributed by atoms with Crippen LogP contribution in [-0.2, 0) is 14.3 Å². The first-order chi connectivity index (χ1) is 12.3. The van der Waals surface area contributed by atoms with Crippen LogP contribution in [0.4, 0.5) is 4.39 Å². The van der Waals surface area contributed by atoms with Gasteiger partial charge in [0, 0.05) is 31.8 Å². The molecule has 0 radical (unpaired) electrons. The first-order valence-corrected chi connectivity index (χ1v) is 8.92. The third-order valence-electron chi connectivity index (χ3n) is 4.86. The summed E-state index contributed by atoms with van der Waals surface area (Å²) in [6.45, 7) is 3.16. The Balaban J connectivity index is 1.37. The third kappa shape index (κ3) is 4.27. The number of hydrogen-bond acceptors (Lipinski definition) is 5. The SMILES string of the molecule is CC(=O)OC[C@]1(N)C[C@@H](C(=O)N2CC(COc3ccc(F)cc3Cl)C2)C1. The first-order valence-electron chi connectivity index (χ1n) is 8.55. The van der Waals surface area contributed by atoms with Crippen LogP contribution < -0.4 is 10.5 Å². The van der Waals surface area contributed by atoms with Gasteiger partial charge in [-0.05, 0) is 31.0 Å². The molecule has 6 nitrogen and oxygen atoms in total. The van der Waals surface area contributed by atoms with Crippen LogP contribution in [0.15, 0.2) is 18.2 Å². The lowest BCUT2D eigenvalue weighted by Gasteiger charge is -2.48. The minimum atomic E-state index is -0.585. The van der Waals surface area contributed by atoms with Crippen molar-refractivity contribution in [1.29, 1.82) is 0 Å². The maximum atomic E-state index is 13.0. The van der Waals surface area contributed by atoms with Crippen LogP contribution in [0.2, 0.25) is 5.02 Å². The molecule has 2 N–H and O–H groups in total. The molecule has 3 rings (SSSR count). The molecule has 1 amide bonds. The number of carbonyl (C=O) groups excluding carboxylic acids is 2. The predicted octanol–water partition coefficient (Wildman–Crippen LogP) is 1.99. The van der Waals surface area contributed by atoms with Gasteiger partial charge in [0.25, 0.3) is 0 Å². The summed E-state index contributed by atoms with van der Waals surface area (Å²) in [6, 6.07) is 4.00. The number of likely N-dealkylation sites (tertiary alicyclic amines) is 1. The molecule has 1 aromatic carbocycles. The Morgan fingerprint density at radius 3 is 2.69 bits per heavy atom. The average Bonchev–Trinajstić information content (AvgIpc) is 2.50. The number of nitrogens with two attached hydrogens (primary N) is 1. The maximum absolute atomic E-state index is 13.0. The molecule has 0 atom stereocenters. The summed E-state index contributed by atoms with van der Waals surface area (Å²) in [4.78, 5) is 25.0. The Labute approximate surface area is 156 Å². The van der Waals surface area contributed by atoms with Crippen LogP contribution in [0.25, 0.3) is 0 Å². The van der Waals surface area contributed by atoms with Gasteiger partial charge in [0.15, 0.2) is 0 Å². The summed E-state index contributed by atoms with van der Waals surface area (Å²) < 4.78 is 23.6. The van der Waals surface area contributed by atoms with Crippen LogP contribution >= 0.6 is 11.6 Å². The standard InChI is InChI=1S/C18H22ClFN2O4/c1-11(23)26-10-18(21)5-13(6-18)17(24)22-7-12(8-22)9-25-16-3-2-14(20)4-15(16)19/h2-4,12-13H,5-10,21H2,1H3/t13-,18+. The van der Waals surface area contributed by atoms with E-state index in [1.165, 1.54) is 25.1 Å². The Kier molecular flexibility index (Phi) is 5.39. The molecule has 0 bridgehead atoms. The van der Waals surface area contributed by atoms with E-state index in [9.17, 15) is 14.0 Å². The van der Waals surface area contributed by atoms with E-state index >= 15 is 0 Å². The lowest BCUT2D eigenvalue weighted by Crippen LogP contribution is -2.62. The fraction of sp³-hybridized carbons (Fsp3) is 0.556. The monoisotopic (exact) mass is 384 g/mol. The molecule has 142 valence electrons.